The Labute approximate surface area is 125 Å². The summed E-state index contributed by atoms with van der Waals surface area (Å²) in [4.78, 5) is 13.0. The number of hydrogen-bond acceptors (Lipinski definition) is 6. The summed E-state index contributed by atoms with van der Waals surface area (Å²) in [5.74, 6) is 1.41. The Morgan fingerprint density at radius 3 is 2.95 bits per heavy atom. The minimum atomic E-state index is 0.116. The Bertz CT molecular complexity index is 517. The third kappa shape index (κ3) is 3.87. The summed E-state index contributed by atoms with van der Waals surface area (Å²) in [5.41, 5.74) is 0. The van der Waals surface area contributed by atoms with E-state index in [2.05, 4.69) is 55.4 Å². The molecule has 19 heavy (non-hydrogen) atoms. The van der Waals surface area contributed by atoms with Gasteiger partial charge in [-0.15, -0.1) is 11.3 Å². The van der Waals surface area contributed by atoms with Crippen molar-refractivity contribution in [2.75, 3.05) is 17.2 Å². The maximum absolute atomic E-state index is 4.46. The van der Waals surface area contributed by atoms with Gasteiger partial charge in [0.05, 0.1) is 10.5 Å². The van der Waals surface area contributed by atoms with E-state index in [1.165, 1.54) is 0 Å². The van der Waals surface area contributed by atoms with Crippen molar-refractivity contribution in [1.29, 1.82) is 0 Å². The van der Waals surface area contributed by atoms with Gasteiger partial charge in [-0.3, -0.25) is 0 Å². The van der Waals surface area contributed by atoms with E-state index < -0.39 is 0 Å². The molecule has 0 radical (unpaired) electrons. The molecular formula is C12H16BrN5S. The Morgan fingerprint density at radius 2 is 2.26 bits per heavy atom. The second-order valence-corrected chi connectivity index (χ2v) is 5.83. The van der Waals surface area contributed by atoms with Crippen LogP contribution in [0.4, 0.5) is 11.8 Å². The van der Waals surface area contributed by atoms with E-state index >= 15 is 0 Å². The monoisotopic (exact) mass is 341 g/mol. The molecule has 2 aromatic rings. The average molecular weight is 342 g/mol. The fourth-order valence-electron chi connectivity index (χ4n) is 1.51. The zero-order valence-corrected chi connectivity index (χ0v) is 13.3. The van der Waals surface area contributed by atoms with Crippen molar-refractivity contribution in [2.45, 2.75) is 26.3 Å². The summed E-state index contributed by atoms with van der Waals surface area (Å²) in [5, 5.41) is 9.52. The number of hydrogen-bond donors (Lipinski definition) is 2. The number of nitrogens with zero attached hydrogens (tertiary/aromatic N) is 3. The van der Waals surface area contributed by atoms with Crippen molar-refractivity contribution >= 4 is 39.0 Å². The van der Waals surface area contributed by atoms with E-state index in [0.29, 0.717) is 5.95 Å². The molecular weight excluding hydrogens is 326 g/mol. The second-order valence-electron chi connectivity index (χ2n) is 4.05. The van der Waals surface area contributed by atoms with Gasteiger partial charge in [0.1, 0.15) is 10.8 Å². The molecule has 0 amide bonds. The van der Waals surface area contributed by atoms with Gasteiger partial charge in [0.15, 0.2) is 0 Å². The fraction of sp³-hybridized carbons (Fsp3) is 0.417. The molecule has 0 aliphatic carbocycles. The lowest BCUT2D eigenvalue weighted by atomic mass is 10.3. The molecule has 0 fully saturated rings. The first-order valence-corrected chi connectivity index (χ1v) is 7.80. The van der Waals surface area contributed by atoms with Crippen molar-refractivity contribution in [2.24, 2.45) is 0 Å². The summed E-state index contributed by atoms with van der Waals surface area (Å²) >= 11 is 5.08. The normalized spacial score (nSPS) is 12.2. The molecule has 2 aromatic heterocycles. The Kier molecular flexibility index (Phi) is 5.09. The van der Waals surface area contributed by atoms with Crippen LogP contribution < -0.4 is 10.6 Å². The maximum Gasteiger partial charge on any atom is 0.224 e. The second kappa shape index (κ2) is 6.81. The molecule has 1 atom stereocenters. The molecule has 0 saturated heterocycles. The Hall–Kier alpha value is -1.21. The molecule has 7 heteroatoms. The third-order valence-electron chi connectivity index (χ3n) is 2.45. The van der Waals surface area contributed by atoms with Crippen LogP contribution in [0.15, 0.2) is 22.2 Å². The van der Waals surface area contributed by atoms with E-state index in [0.717, 1.165) is 28.3 Å². The van der Waals surface area contributed by atoms with Crippen LogP contribution in [-0.4, -0.2) is 21.5 Å². The van der Waals surface area contributed by atoms with Crippen LogP contribution in [0.1, 0.15) is 31.3 Å². The number of halogens is 1. The van der Waals surface area contributed by atoms with E-state index in [1.807, 2.05) is 5.38 Å². The van der Waals surface area contributed by atoms with Crippen molar-refractivity contribution < 1.29 is 0 Å². The van der Waals surface area contributed by atoms with Crippen LogP contribution in [-0.2, 0) is 0 Å². The predicted octanol–water partition coefficient (Wildman–Crippen LogP) is 3.69. The van der Waals surface area contributed by atoms with E-state index in [-0.39, 0.29) is 6.04 Å². The largest absolute Gasteiger partial charge is 0.360 e. The Balaban J connectivity index is 2.10. The molecule has 2 N–H and O–H groups in total. The standard InChI is InChI=1S/C12H16BrN5S/c1-3-4-15-12-16-7-9(13)10(18-12)17-8(2)11-14-5-6-19-11/h5-8H,3-4H2,1-2H3,(H2,15,16,17,18). The molecule has 5 nitrogen and oxygen atoms in total. The van der Waals surface area contributed by atoms with Crippen LogP contribution >= 0.6 is 27.3 Å². The fourth-order valence-corrected chi connectivity index (χ4v) is 2.46. The first-order chi connectivity index (χ1) is 9.20. The molecule has 2 heterocycles. The zero-order chi connectivity index (χ0) is 13.7. The average Bonchev–Trinajstić information content (AvgIpc) is 2.93. The number of aromatic nitrogens is 3. The van der Waals surface area contributed by atoms with Crippen molar-refractivity contribution in [3.05, 3.63) is 27.3 Å². The van der Waals surface area contributed by atoms with Crippen LogP contribution in [0.2, 0.25) is 0 Å². The smallest absolute Gasteiger partial charge is 0.224 e. The van der Waals surface area contributed by atoms with E-state index in [1.54, 1.807) is 23.7 Å². The maximum atomic E-state index is 4.46. The predicted molar refractivity (Wildman–Crippen MR) is 82.7 cm³/mol. The zero-order valence-electron chi connectivity index (χ0n) is 10.9. The first-order valence-electron chi connectivity index (χ1n) is 6.13. The topological polar surface area (TPSA) is 62.7 Å². The van der Waals surface area contributed by atoms with Gasteiger partial charge in [0, 0.05) is 24.3 Å². The van der Waals surface area contributed by atoms with Gasteiger partial charge < -0.3 is 10.6 Å². The summed E-state index contributed by atoms with van der Waals surface area (Å²) in [6.45, 7) is 5.03. The van der Waals surface area contributed by atoms with Crippen LogP contribution in [0.25, 0.3) is 0 Å². The summed E-state index contributed by atoms with van der Waals surface area (Å²) in [6.07, 6.45) is 4.60. The van der Waals surface area contributed by atoms with E-state index in [9.17, 15) is 0 Å². The molecule has 0 aliphatic heterocycles. The third-order valence-corrected chi connectivity index (χ3v) is 3.99. The molecule has 2 rings (SSSR count). The summed E-state index contributed by atoms with van der Waals surface area (Å²) in [7, 11) is 0. The highest BCUT2D eigenvalue weighted by Crippen LogP contribution is 2.25. The van der Waals surface area contributed by atoms with Gasteiger partial charge in [-0.05, 0) is 29.3 Å². The molecule has 1 unspecified atom stereocenters. The first kappa shape index (κ1) is 14.2. The summed E-state index contributed by atoms with van der Waals surface area (Å²) in [6, 6.07) is 0.116. The van der Waals surface area contributed by atoms with Gasteiger partial charge in [-0.1, -0.05) is 6.92 Å². The van der Waals surface area contributed by atoms with E-state index in [4.69, 9.17) is 0 Å². The minimum Gasteiger partial charge on any atom is -0.360 e. The van der Waals surface area contributed by atoms with Crippen LogP contribution in [0, 0.1) is 0 Å². The number of anilines is 2. The highest BCUT2D eigenvalue weighted by molar-refractivity contribution is 9.10. The minimum absolute atomic E-state index is 0.116. The number of rotatable bonds is 6. The highest BCUT2D eigenvalue weighted by Gasteiger charge is 2.11. The molecule has 0 aliphatic rings. The molecule has 0 spiro atoms. The summed E-state index contributed by atoms with van der Waals surface area (Å²) < 4.78 is 0.845. The highest BCUT2D eigenvalue weighted by atomic mass is 79.9. The van der Waals surface area contributed by atoms with Gasteiger partial charge in [0.2, 0.25) is 5.95 Å². The van der Waals surface area contributed by atoms with Gasteiger partial charge in [0.25, 0.3) is 0 Å². The van der Waals surface area contributed by atoms with Crippen molar-refractivity contribution in [1.82, 2.24) is 15.0 Å². The lowest BCUT2D eigenvalue weighted by Crippen LogP contribution is -2.11. The number of thiazole rings is 1. The molecule has 0 aromatic carbocycles. The quantitative estimate of drug-likeness (QED) is 0.838. The lowest BCUT2D eigenvalue weighted by Gasteiger charge is -2.14. The van der Waals surface area contributed by atoms with Gasteiger partial charge in [-0.25, -0.2) is 9.97 Å². The Morgan fingerprint density at radius 1 is 1.42 bits per heavy atom. The van der Waals surface area contributed by atoms with Gasteiger partial charge in [-0.2, -0.15) is 4.98 Å². The lowest BCUT2D eigenvalue weighted by molar-refractivity contribution is 0.855. The molecule has 0 bridgehead atoms. The SMILES string of the molecule is CCCNc1ncc(Br)c(NC(C)c2nccs2)n1. The van der Waals surface area contributed by atoms with Crippen LogP contribution in [0.5, 0.6) is 0 Å². The van der Waals surface area contributed by atoms with Crippen molar-refractivity contribution in [3.63, 3.8) is 0 Å². The molecule has 0 saturated carbocycles. The van der Waals surface area contributed by atoms with Crippen LogP contribution in [0.3, 0.4) is 0 Å². The van der Waals surface area contributed by atoms with Gasteiger partial charge >= 0.3 is 0 Å². The molecule has 102 valence electrons. The number of nitrogens with one attached hydrogen (secondary N) is 2. The van der Waals surface area contributed by atoms with Crippen molar-refractivity contribution in [3.8, 4) is 0 Å².